The van der Waals surface area contributed by atoms with Crippen LogP contribution in [0.15, 0.2) is 66.4 Å². The molecule has 6 nitrogen and oxygen atoms in total. The minimum absolute atomic E-state index is 0.150. The van der Waals surface area contributed by atoms with E-state index < -0.39 is 5.91 Å². The highest BCUT2D eigenvalue weighted by molar-refractivity contribution is 5.83. The summed E-state index contributed by atoms with van der Waals surface area (Å²) in [6.45, 7) is 0. The number of nitrogens with two attached hydrogens (primary N) is 2. The maximum absolute atomic E-state index is 11.6. The predicted molar refractivity (Wildman–Crippen MR) is 85.2 cm³/mol. The van der Waals surface area contributed by atoms with Crippen molar-refractivity contribution in [2.24, 2.45) is 11.6 Å². The first-order valence-electron chi connectivity index (χ1n) is 6.70. The first-order chi connectivity index (χ1) is 10.6. The molecule has 0 aliphatic heterocycles. The highest BCUT2D eigenvalue weighted by Crippen LogP contribution is 2.22. The quantitative estimate of drug-likeness (QED) is 0.381. The van der Waals surface area contributed by atoms with Crippen LogP contribution in [0.4, 0.5) is 5.69 Å². The first-order valence-corrected chi connectivity index (χ1v) is 6.70. The predicted octanol–water partition coefficient (Wildman–Crippen LogP) is 1.59. The Hall–Kier alpha value is -2.83. The van der Waals surface area contributed by atoms with Gasteiger partial charge < -0.3 is 5.73 Å². The average Bonchev–Trinajstić information content (AvgIpc) is 2.59. The maximum atomic E-state index is 11.6. The standard InChI is InChI=1S/C16H18N4O2/c17-16(12-7-3-1-4-8-12)14(11-15(21)19-22)20(18)13-9-5-2-6-10-13/h1-10,22H,11,17-18H2,(H,19,21)/b16-14-. The highest BCUT2D eigenvalue weighted by Gasteiger charge is 2.17. The zero-order chi connectivity index (χ0) is 15.9. The molecule has 0 aromatic heterocycles. The lowest BCUT2D eigenvalue weighted by Crippen LogP contribution is -2.35. The van der Waals surface area contributed by atoms with E-state index in [1.165, 1.54) is 5.01 Å². The van der Waals surface area contributed by atoms with Crippen LogP contribution < -0.4 is 22.1 Å². The van der Waals surface area contributed by atoms with Gasteiger partial charge in [-0.1, -0.05) is 48.5 Å². The molecule has 0 fully saturated rings. The second-order valence-corrected chi connectivity index (χ2v) is 4.64. The largest absolute Gasteiger partial charge is 0.397 e. The van der Waals surface area contributed by atoms with E-state index in [0.29, 0.717) is 17.1 Å². The smallest absolute Gasteiger partial charge is 0.249 e. The van der Waals surface area contributed by atoms with Crippen molar-refractivity contribution in [1.82, 2.24) is 5.48 Å². The Morgan fingerprint density at radius 2 is 1.59 bits per heavy atom. The lowest BCUT2D eigenvalue weighted by atomic mass is 10.1. The molecule has 0 aliphatic rings. The van der Waals surface area contributed by atoms with E-state index in [9.17, 15) is 4.79 Å². The normalized spacial score (nSPS) is 11.5. The zero-order valence-electron chi connectivity index (χ0n) is 11.9. The first kappa shape index (κ1) is 15.6. The van der Waals surface area contributed by atoms with Crippen molar-refractivity contribution in [2.45, 2.75) is 6.42 Å². The van der Waals surface area contributed by atoms with Crippen LogP contribution in [0.5, 0.6) is 0 Å². The van der Waals surface area contributed by atoms with Gasteiger partial charge in [-0.25, -0.2) is 11.3 Å². The molecule has 1 amide bonds. The number of anilines is 1. The van der Waals surface area contributed by atoms with E-state index in [1.807, 2.05) is 48.5 Å². The number of carbonyl (C=O) groups excluding carboxylic acids is 1. The van der Waals surface area contributed by atoms with Crippen LogP contribution in [-0.4, -0.2) is 11.1 Å². The fourth-order valence-corrected chi connectivity index (χ4v) is 2.03. The van der Waals surface area contributed by atoms with Crippen LogP contribution in [0, 0.1) is 0 Å². The van der Waals surface area contributed by atoms with Gasteiger partial charge in [0, 0.05) is 0 Å². The lowest BCUT2D eigenvalue weighted by molar-refractivity contribution is -0.128. The van der Waals surface area contributed by atoms with Gasteiger partial charge in [-0.15, -0.1) is 0 Å². The molecular formula is C16H18N4O2. The van der Waals surface area contributed by atoms with Gasteiger partial charge in [-0.2, -0.15) is 0 Å². The van der Waals surface area contributed by atoms with Gasteiger partial charge >= 0.3 is 0 Å². The summed E-state index contributed by atoms with van der Waals surface area (Å²) in [5, 5.41) is 10.1. The number of carbonyl (C=O) groups is 1. The number of para-hydroxylation sites is 1. The van der Waals surface area contributed by atoms with Crippen molar-refractivity contribution < 1.29 is 10.0 Å². The Morgan fingerprint density at radius 3 is 2.14 bits per heavy atom. The Balaban J connectivity index is 2.44. The molecule has 0 spiro atoms. The Labute approximate surface area is 128 Å². The topological polar surface area (TPSA) is 105 Å². The molecule has 0 radical (unpaired) electrons. The number of hydrogen-bond acceptors (Lipinski definition) is 5. The fraction of sp³-hybridized carbons (Fsp3) is 0.0625. The van der Waals surface area contributed by atoms with Gasteiger partial charge in [-0.05, 0) is 17.7 Å². The molecule has 0 heterocycles. The van der Waals surface area contributed by atoms with E-state index in [4.69, 9.17) is 16.8 Å². The van der Waals surface area contributed by atoms with Crippen molar-refractivity contribution in [2.75, 3.05) is 5.01 Å². The molecule has 114 valence electrons. The number of nitrogens with one attached hydrogen (secondary N) is 1. The molecule has 0 aliphatic carbocycles. The third-order valence-corrected chi connectivity index (χ3v) is 3.17. The second kappa shape index (κ2) is 7.26. The van der Waals surface area contributed by atoms with E-state index in [2.05, 4.69) is 0 Å². The second-order valence-electron chi connectivity index (χ2n) is 4.64. The van der Waals surface area contributed by atoms with Gasteiger partial charge in [0.15, 0.2) is 0 Å². The summed E-state index contributed by atoms with van der Waals surface area (Å²) < 4.78 is 0. The van der Waals surface area contributed by atoms with E-state index in [0.717, 1.165) is 5.56 Å². The molecule has 0 atom stereocenters. The Kier molecular flexibility index (Phi) is 5.13. The van der Waals surface area contributed by atoms with E-state index >= 15 is 0 Å². The minimum atomic E-state index is -0.597. The summed E-state index contributed by atoms with van der Waals surface area (Å²) in [5.41, 5.74) is 9.97. The number of benzene rings is 2. The van der Waals surface area contributed by atoms with Crippen LogP contribution >= 0.6 is 0 Å². The van der Waals surface area contributed by atoms with Crippen molar-refractivity contribution in [3.8, 4) is 0 Å². The summed E-state index contributed by atoms with van der Waals surface area (Å²) >= 11 is 0. The van der Waals surface area contributed by atoms with Gasteiger partial charge in [-0.3, -0.25) is 15.0 Å². The molecule has 6 heteroatoms. The SMILES string of the molecule is N/C(=C(/CC(=O)NO)N(N)c1ccccc1)c1ccccc1. The van der Waals surface area contributed by atoms with Crippen LogP contribution in [-0.2, 0) is 4.79 Å². The van der Waals surface area contributed by atoms with Gasteiger partial charge in [0.2, 0.25) is 5.91 Å². The summed E-state index contributed by atoms with van der Waals surface area (Å²) in [7, 11) is 0. The molecule has 2 rings (SSSR count). The van der Waals surface area contributed by atoms with E-state index in [1.54, 1.807) is 17.6 Å². The lowest BCUT2D eigenvalue weighted by Gasteiger charge is -2.24. The summed E-state index contributed by atoms with van der Waals surface area (Å²) in [6, 6.07) is 18.3. The monoisotopic (exact) mass is 298 g/mol. The van der Waals surface area contributed by atoms with Gasteiger partial charge in [0.1, 0.15) is 0 Å². The summed E-state index contributed by atoms with van der Waals surface area (Å²) in [5.74, 6) is 5.52. The van der Waals surface area contributed by atoms with Crippen molar-refractivity contribution in [3.63, 3.8) is 0 Å². The van der Waals surface area contributed by atoms with Crippen LogP contribution in [0.1, 0.15) is 12.0 Å². The van der Waals surface area contributed by atoms with Gasteiger partial charge in [0.05, 0.1) is 23.5 Å². The van der Waals surface area contributed by atoms with Crippen molar-refractivity contribution in [1.29, 1.82) is 0 Å². The molecule has 22 heavy (non-hydrogen) atoms. The molecule has 0 saturated heterocycles. The van der Waals surface area contributed by atoms with Crippen LogP contribution in [0.3, 0.4) is 0 Å². The Morgan fingerprint density at radius 1 is 1.05 bits per heavy atom. The number of hydrazine groups is 1. The van der Waals surface area contributed by atoms with Crippen LogP contribution in [0.25, 0.3) is 5.70 Å². The zero-order valence-corrected chi connectivity index (χ0v) is 11.9. The average molecular weight is 298 g/mol. The molecule has 0 unspecified atom stereocenters. The minimum Gasteiger partial charge on any atom is -0.397 e. The number of amides is 1. The number of hydrogen-bond donors (Lipinski definition) is 4. The molecule has 6 N–H and O–H groups in total. The maximum Gasteiger partial charge on any atom is 0.249 e. The van der Waals surface area contributed by atoms with Gasteiger partial charge in [0.25, 0.3) is 0 Å². The Bertz CT molecular complexity index is 656. The summed E-state index contributed by atoms with van der Waals surface area (Å²) in [6.07, 6.45) is -0.150. The molecule has 2 aromatic rings. The number of rotatable bonds is 5. The summed E-state index contributed by atoms with van der Waals surface area (Å²) in [4.78, 5) is 11.6. The highest BCUT2D eigenvalue weighted by atomic mass is 16.5. The number of nitrogens with zero attached hydrogens (tertiary/aromatic N) is 1. The third kappa shape index (κ3) is 3.63. The van der Waals surface area contributed by atoms with E-state index in [-0.39, 0.29) is 6.42 Å². The van der Waals surface area contributed by atoms with Crippen molar-refractivity contribution >= 4 is 17.3 Å². The fourth-order valence-electron chi connectivity index (χ4n) is 2.03. The molecule has 0 bridgehead atoms. The van der Waals surface area contributed by atoms with Crippen LogP contribution in [0.2, 0.25) is 0 Å². The molecular weight excluding hydrogens is 280 g/mol. The molecule has 2 aromatic carbocycles. The van der Waals surface area contributed by atoms with Crippen molar-refractivity contribution in [3.05, 3.63) is 71.9 Å². The third-order valence-electron chi connectivity index (χ3n) is 3.17. The molecule has 0 saturated carbocycles. The number of hydroxylamine groups is 1.